The quantitative estimate of drug-likeness (QED) is 0.0604. The summed E-state index contributed by atoms with van der Waals surface area (Å²) < 4.78 is 5.65. The molecule has 0 radical (unpaired) electrons. The van der Waals surface area contributed by atoms with E-state index in [-0.39, 0.29) is 18.5 Å². The van der Waals surface area contributed by atoms with Crippen LogP contribution in [0.4, 0.5) is 0 Å². The lowest BCUT2D eigenvalue weighted by molar-refractivity contribution is -0.151. The number of allylic oxidation sites excluding steroid dienone is 8. The molecule has 4 nitrogen and oxygen atoms in total. The third-order valence-electron chi connectivity index (χ3n) is 6.82. The zero-order valence-corrected chi connectivity index (χ0v) is 25.4. The normalized spacial score (nSPS) is 12.9. The number of esters is 1. The fraction of sp³-hybridized carbons (Fsp3) is 0.714. The minimum Gasteiger partial charge on any atom is -0.481 e. The van der Waals surface area contributed by atoms with Gasteiger partial charge in [0.2, 0.25) is 0 Å². The van der Waals surface area contributed by atoms with Crippen LogP contribution in [0.25, 0.3) is 0 Å². The lowest BCUT2D eigenvalue weighted by atomic mass is 10.0. The van der Waals surface area contributed by atoms with Gasteiger partial charge in [0.05, 0.1) is 0 Å². The minimum absolute atomic E-state index is 0.0532. The molecular formula is C35H60O4. The number of aliphatic carboxylic acids is 1. The lowest BCUT2D eigenvalue weighted by Gasteiger charge is -2.17. The van der Waals surface area contributed by atoms with E-state index in [0.29, 0.717) is 12.8 Å². The third-order valence-corrected chi connectivity index (χ3v) is 6.82. The first-order valence-corrected chi connectivity index (χ1v) is 16.1. The Kier molecular flexibility index (Phi) is 28.8. The molecule has 1 atom stereocenters. The molecule has 224 valence electrons. The number of carbonyl (C=O) groups is 2. The van der Waals surface area contributed by atoms with Crippen molar-refractivity contribution in [1.82, 2.24) is 0 Å². The predicted molar refractivity (Wildman–Crippen MR) is 167 cm³/mol. The molecule has 0 saturated heterocycles. The zero-order chi connectivity index (χ0) is 28.7. The Labute approximate surface area is 241 Å². The minimum atomic E-state index is -0.830. The van der Waals surface area contributed by atoms with Crippen molar-refractivity contribution in [2.24, 2.45) is 0 Å². The van der Waals surface area contributed by atoms with Gasteiger partial charge in [-0.05, 0) is 64.2 Å². The van der Waals surface area contributed by atoms with Crippen molar-refractivity contribution in [2.75, 3.05) is 0 Å². The van der Waals surface area contributed by atoms with E-state index in [1.54, 1.807) is 0 Å². The number of unbranched alkanes of at least 4 members (excludes halogenated alkanes) is 12. The fourth-order valence-electron chi connectivity index (χ4n) is 4.40. The van der Waals surface area contributed by atoms with E-state index in [9.17, 15) is 9.59 Å². The number of carbonyl (C=O) groups excluding carboxylic acids is 1. The van der Waals surface area contributed by atoms with Gasteiger partial charge in [-0.15, -0.1) is 0 Å². The monoisotopic (exact) mass is 544 g/mol. The van der Waals surface area contributed by atoms with Gasteiger partial charge in [0.25, 0.3) is 0 Å². The van der Waals surface area contributed by atoms with Crippen LogP contribution in [0.15, 0.2) is 48.6 Å². The molecule has 0 fully saturated rings. The molecule has 0 aliphatic rings. The second-order valence-corrected chi connectivity index (χ2v) is 10.6. The summed E-state index contributed by atoms with van der Waals surface area (Å²) in [4.78, 5) is 23.3. The molecule has 0 aromatic rings. The standard InChI is InChI=1S/C35H60O4/c1-3-5-7-9-11-13-14-15-16-17-18-19-20-22-24-26-28-30-35(38)39-33(31-32-34(36)37)29-27-25-23-21-12-10-8-6-4-2/h11,13,15-16,18-19,22,24,33H,3-10,12,14,17,20-21,23,25-32H2,1-2H3,(H,36,37)/b13-11-,16-15-,19-18-,24-22-. The van der Waals surface area contributed by atoms with Crippen molar-refractivity contribution in [1.29, 1.82) is 0 Å². The summed E-state index contributed by atoms with van der Waals surface area (Å²) in [5, 5.41) is 9.03. The van der Waals surface area contributed by atoms with Crippen molar-refractivity contribution in [3.63, 3.8) is 0 Å². The Balaban J connectivity index is 3.92. The highest BCUT2D eigenvalue weighted by Crippen LogP contribution is 2.16. The summed E-state index contributed by atoms with van der Waals surface area (Å²) in [6.07, 6.45) is 39.7. The van der Waals surface area contributed by atoms with Gasteiger partial charge in [-0.3, -0.25) is 9.59 Å². The molecule has 0 rings (SSSR count). The average molecular weight is 545 g/mol. The topological polar surface area (TPSA) is 63.6 Å². The van der Waals surface area contributed by atoms with Gasteiger partial charge in [-0.2, -0.15) is 0 Å². The molecule has 0 saturated carbocycles. The average Bonchev–Trinajstić information content (AvgIpc) is 2.92. The van der Waals surface area contributed by atoms with Gasteiger partial charge in [0, 0.05) is 12.8 Å². The summed E-state index contributed by atoms with van der Waals surface area (Å²) >= 11 is 0. The molecule has 0 aromatic carbocycles. The molecule has 0 aliphatic carbocycles. The van der Waals surface area contributed by atoms with Crippen molar-refractivity contribution >= 4 is 11.9 Å². The summed E-state index contributed by atoms with van der Waals surface area (Å²) in [5.74, 6) is -1.03. The van der Waals surface area contributed by atoms with Crippen LogP contribution < -0.4 is 0 Å². The number of rotatable bonds is 28. The van der Waals surface area contributed by atoms with Crippen LogP contribution in [0, 0.1) is 0 Å². The van der Waals surface area contributed by atoms with E-state index in [4.69, 9.17) is 9.84 Å². The molecule has 4 heteroatoms. The Morgan fingerprint density at radius 3 is 1.56 bits per heavy atom. The van der Waals surface area contributed by atoms with Crippen LogP contribution in [0.3, 0.4) is 0 Å². The molecule has 0 amide bonds. The maximum absolute atomic E-state index is 12.3. The highest BCUT2D eigenvalue weighted by atomic mass is 16.5. The van der Waals surface area contributed by atoms with Gasteiger partial charge < -0.3 is 9.84 Å². The maximum atomic E-state index is 12.3. The number of carboxylic acids is 1. The smallest absolute Gasteiger partial charge is 0.306 e. The number of carboxylic acid groups (broad SMARTS) is 1. The lowest BCUT2D eigenvalue weighted by Crippen LogP contribution is -2.19. The summed E-state index contributed by atoms with van der Waals surface area (Å²) in [6, 6.07) is 0. The van der Waals surface area contributed by atoms with E-state index >= 15 is 0 Å². The Bertz CT molecular complexity index is 674. The Hall–Kier alpha value is -2.10. The number of hydrogen-bond acceptors (Lipinski definition) is 3. The second-order valence-electron chi connectivity index (χ2n) is 10.6. The van der Waals surface area contributed by atoms with Gasteiger partial charge in [0.15, 0.2) is 0 Å². The van der Waals surface area contributed by atoms with Crippen LogP contribution in [0.5, 0.6) is 0 Å². The van der Waals surface area contributed by atoms with Crippen LogP contribution in [-0.2, 0) is 14.3 Å². The summed E-state index contributed by atoms with van der Waals surface area (Å²) in [7, 11) is 0. The molecule has 1 N–H and O–H groups in total. The predicted octanol–water partition coefficient (Wildman–Crippen LogP) is 10.8. The molecule has 0 bridgehead atoms. The van der Waals surface area contributed by atoms with Crippen LogP contribution >= 0.6 is 0 Å². The zero-order valence-electron chi connectivity index (χ0n) is 25.4. The second kappa shape index (κ2) is 30.4. The van der Waals surface area contributed by atoms with E-state index in [0.717, 1.165) is 51.4 Å². The van der Waals surface area contributed by atoms with Gasteiger partial charge >= 0.3 is 11.9 Å². The van der Waals surface area contributed by atoms with Gasteiger partial charge in [-0.25, -0.2) is 0 Å². The van der Waals surface area contributed by atoms with E-state index in [1.165, 1.54) is 70.6 Å². The third kappa shape index (κ3) is 30.3. The van der Waals surface area contributed by atoms with Crippen molar-refractivity contribution in [3.05, 3.63) is 48.6 Å². The Morgan fingerprint density at radius 1 is 0.564 bits per heavy atom. The van der Waals surface area contributed by atoms with E-state index < -0.39 is 5.97 Å². The van der Waals surface area contributed by atoms with Crippen molar-refractivity contribution < 1.29 is 19.4 Å². The van der Waals surface area contributed by atoms with Crippen LogP contribution in [0.2, 0.25) is 0 Å². The molecule has 0 heterocycles. The first-order valence-electron chi connectivity index (χ1n) is 16.1. The van der Waals surface area contributed by atoms with Crippen molar-refractivity contribution in [2.45, 2.75) is 161 Å². The first-order chi connectivity index (χ1) is 19.1. The highest BCUT2D eigenvalue weighted by molar-refractivity contribution is 5.70. The van der Waals surface area contributed by atoms with Gasteiger partial charge in [0.1, 0.15) is 6.10 Å². The number of ether oxygens (including phenoxy) is 1. The molecule has 1 unspecified atom stereocenters. The first kappa shape index (κ1) is 36.9. The molecule has 0 aliphatic heterocycles. The van der Waals surface area contributed by atoms with Gasteiger partial charge in [-0.1, -0.05) is 127 Å². The SMILES string of the molecule is CCCCC/C=C\C/C=C\C/C=C\C/C=C\CCCC(=O)OC(CCCCCCCCCCC)CCC(=O)O. The summed E-state index contributed by atoms with van der Waals surface area (Å²) in [5.41, 5.74) is 0. The van der Waals surface area contributed by atoms with Crippen LogP contribution in [0.1, 0.15) is 155 Å². The maximum Gasteiger partial charge on any atom is 0.306 e. The van der Waals surface area contributed by atoms with E-state index in [1.807, 2.05) is 0 Å². The largest absolute Gasteiger partial charge is 0.481 e. The Morgan fingerprint density at radius 2 is 1.03 bits per heavy atom. The highest BCUT2D eigenvalue weighted by Gasteiger charge is 2.15. The van der Waals surface area contributed by atoms with E-state index in [2.05, 4.69) is 62.5 Å². The molecular weight excluding hydrogens is 484 g/mol. The number of hydrogen-bond donors (Lipinski definition) is 1. The van der Waals surface area contributed by atoms with Crippen molar-refractivity contribution in [3.8, 4) is 0 Å². The molecule has 0 spiro atoms. The van der Waals surface area contributed by atoms with Crippen LogP contribution in [-0.4, -0.2) is 23.1 Å². The molecule has 0 aromatic heterocycles. The molecule has 39 heavy (non-hydrogen) atoms. The fourth-order valence-corrected chi connectivity index (χ4v) is 4.40. The summed E-state index contributed by atoms with van der Waals surface area (Å²) in [6.45, 7) is 4.47.